The number of hydrogen-bond donors (Lipinski definition) is 2. The van der Waals surface area contributed by atoms with Crippen molar-refractivity contribution in [2.24, 2.45) is 0 Å². The third kappa shape index (κ3) is 4.14. The SMILES string of the molecule is N#CCNC(=O)CCc1ccc(N)cc1. The number of carbonyl (C=O) groups is 1. The van der Waals surface area contributed by atoms with Crippen LogP contribution in [0.5, 0.6) is 0 Å². The average molecular weight is 203 g/mol. The maximum atomic E-state index is 11.2. The number of nitriles is 1. The van der Waals surface area contributed by atoms with Gasteiger partial charge in [0, 0.05) is 12.1 Å². The number of amides is 1. The zero-order chi connectivity index (χ0) is 11.1. The molecule has 78 valence electrons. The van der Waals surface area contributed by atoms with Crippen LogP contribution in [0.25, 0.3) is 0 Å². The van der Waals surface area contributed by atoms with Crippen molar-refractivity contribution in [2.45, 2.75) is 12.8 Å². The minimum absolute atomic E-state index is 0.0700. The van der Waals surface area contributed by atoms with Crippen LogP contribution in [0.1, 0.15) is 12.0 Å². The van der Waals surface area contributed by atoms with E-state index in [9.17, 15) is 4.79 Å². The molecule has 1 aromatic rings. The molecule has 1 rings (SSSR count). The molecule has 0 aliphatic rings. The van der Waals surface area contributed by atoms with Crippen molar-refractivity contribution in [3.8, 4) is 6.07 Å². The monoisotopic (exact) mass is 203 g/mol. The molecule has 0 aromatic heterocycles. The van der Waals surface area contributed by atoms with Crippen molar-refractivity contribution in [1.29, 1.82) is 5.26 Å². The maximum Gasteiger partial charge on any atom is 0.221 e. The summed E-state index contributed by atoms with van der Waals surface area (Å²) in [4.78, 5) is 11.2. The molecule has 1 amide bonds. The fourth-order valence-corrected chi connectivity index (χ4v) is 1.17. The number of rotatable bonds is 4. The molecule has 4 nitrogen and oxygen atoms in total. The Morgan fingerprint density at radius 2 is 2.07 bits per heavy atom. The predicted octanol–water partition coefficient (Wildman–Crippen LogP) is 0.841. The molecule has 0 saturated carbocycles. The van der Waals surface area contributed by atoms with E-state index in [0.717, 1.165) is 5.56 Å². The molecule has 0 bridgehead atoms. The summed E-state index contributed by atoms with van der Waals surface area (Å²) in [6.07, 6.45) is 1.06. The van der Waals surface area contributed by atoms with Gasteiger partial charge in [-0.1, -0.05) is 12.1 Å². The number of hydrogen-bond acceptors (Lipinski definition) is 3. The Labute approximate surface area is 88.7 Å². The molecule has 1 aromatic carbocycles. The zero-order valence-electron chi connectivity index (χ0n) is 8.36. The number of benzene rings is 1. The molecule has 0 radical (unpaired) electrons. The molecule has 0 unspecified atom stereocenters. The van der Waals surface area contributed by atoms with E-state index in [1.807, 2.05) is 30.3 Å². The molecule has 0 spiro atoms. The second-order valence-corrected chi connectivity index (χ2v) is 3.18. The van der Waals surface area contributed by atoms with Crippen molar-refractivity contribution in [3.63, 3.8) is 0 Å². The van der Waals surface area contributed by atoms with Crippen LogP contribution < -0.4 is 11.1 Å². The first-order valence-corrected chi connectivity index (χ1v) is 4.70. The molecule has 0 fully saturated rings. The van der Waals surface area contributed by atoms with E-state index in [1.165, 1.54) is 0 Å². The minimum atomic E-state index is -0.103. The van der Waals surface area contributed by atoms with Gasteiger partial charge in [-0.3, -0.25) is 4.79 Å². The van der Waals surface area contributed by atoms with E-state index in [2.05, 4.69) is 5.32 Å². The second-order valence-electron chi connectivity index (χ2n) is 3.18. The molecule has 3 N–H and O–H groups in total. The summed E-state index contributed by atoms with van der Waals surface area (Å²) in [6.45, 7) is 0.0700. The fourth-order valence-electron chi connectivity index (χ4n) is 1.17. The molecule has 4 heteroatoms. The lowest BCUT2D eigenvalue weighted by Crippen LogP contribution is -2.23. The first-order chi connectivity index (χ1) is 7.22. The molecular weight excluding hydrogens is 190 g/mol. The molecular formula is C11H13N3O. The molecule has 0 aliphatic carbocycles. The summed E-state index contributed by atoms with van der Waals surface area (Å²) in [6, 6.07) is 9.26. The minimum Gasteiger partial charge on any atom is -0.399 e. The van der Waals surface area contributed by atoms with Crippen LogP contribution in [0, 0.1) is 11.3 Å². The Bertz CT molecular complexity index is 364. The third-order valence-corrected chi connectivity index (χ3v) is 1.99. The van der Waals surface area contributed by atoms with Crippen molar-refractivity contribution in [1.82, 2.24) is 5.32 Å². The quantitative estimate of drug-likeness (QED) is 0.562. The summed E-state index contributed by atoms with van der Waals surface area (Å²) in [5.74, 6) is -0.103. The largest absolute Gasteiger partial charge is 0.399 e. The summed E-state index contributed by atoms with van der Waals surface area (Å²) >= 11 is 0. The van der Waals surface area contributed by atoms with Gasteiger partial charge in [0.2, 0.25) is 5.91 Å². The second kappa shape index (κ2) is 5.66. The Morgan fingerprint density at radius 3 is 2.67 bits per heavy atom. The van der Waals surface area contributed by atoms with Crippen LogP contribution >= 0.6 is 0 Å². The summed E-state index contributed by atoms with van der Waals surface area (Å²) in [5, 5.41) is 10.7. The Hall–Kier alpha value is -2.02. The van der Waals surface area contributed by atoms with E-state index in [1.54, 1.807) is 0 Å². The smallest absolute Gasteiger partial charge is 0.221 e. The van der Waals surface area contributed by atoms with Crippen molar-refractivity contribution in [3.05, 3.63) is 29.8 Å². The van der Waals surface area contributed by atoms with Crippen LogP contribution in [0.15, 0.2) is 24.3 Å². The van der Waals surface area contributed by atoms with Gasteiger partial charge in [0.1, 0.15) is 6.54 Å². The van der Waals surface area contributed by atoms with E-state index in [-0.39, 0.29) is 12.5 Å². The van der Waals surface area contributed by atoms with E-state index >= 15 is 0 Å². The number of nitrogen functional groups attached to an aromatic ring is 1. The van der Waals surface area contributed by atoms with E-state index in [4.69, 9.17) is 11.0 Å². The molecule has 0 saturated heterocycles. The number of aryl methyl sites for hydroxylation is 1. The third-order valence-electron chi connectivity index (χ3n) is 1.99. The molecule has 15 heavy (non-hydrogen) atoms. The summed E-state index contributed by atoms with van der Waals surface area (Å²) < 4.78 is 0. The van der Waals surface area contributed by atoms with Crippen molar-refractivity contribution < 1.29 is 4.79 Å². The highest BCUT2D eigenvalue weighted by Crippen LogP contribution is 2.07. The highest BCUT2D eigenvalue weighted by molar-refractivity contribution is 5.76. The number of nitrogens with one attached hydrogen (secondary N) is 1. The van der Waals surface area contributed by atoms with Crippen LogP contribution in [-0.2, 0) is 11.2 Å². The number of nitrogens with two attached hydrogens (primary N) is 1. The first-order valence-electron chi connectivity index (χ1n) is 4.70. The standard InChI is InChI=1S/C11H13N3O/c12-7-8-14-11(15)6-3-9-1-4-10(13)5-2-9/h1-2,4-5H,3,6,8,13H2,(H,14,15). The number of nitrogens with zero attached hydrogens (tertiary/aromatic N) is 1. The van der Waals surface area contributed by atoms with Gasteiger partial charge in [0.25, 0.3) is 0 Å². The highest BCUT2D eigenvalue weighted by Gasteiger charge is 2.00. The van der Waals surface area contributed by atoms with Crippen LogP contribution in [0.3, 0.4) is 0 Å². The highest BCUT2D eigenvalue weighted by atomic mass is 16.1. The van der Waals surface area contributed by atoms with Gasteiger partial charge in [0.05, 0.1) is 6.07 Å². The Kier molecular flexibility index (Phi) is 4.17. The van der Waals surface area contributed by atoms with Gasteiger partial charge in [0.15, 0.2) is 0 Å². The molecule has 0 aliphatic heterocycles. The topological polar surface area (TPSA) is 78.9 Å². The zero-order valence-corrected chi connectivity index (χ0v) is 8.36. The number of anilines is 1. The van der Waals surface area contributed by atoms with Crippen LogP contribution in [-0.4, -0.2) is 12.5 Å². The molecule has 0 atom stereocenters. The summed E-state index contributed by atoms with van der Waals surface area (Å²) in [7, 11) is 0. The van der Waals surface area contributed by atoms with Gasteiger partial charge >= 0.3 is 0 Å². The van der Waals surface area contributed by atoms with Crippen molar-refractivity contribution in [2.75, 3.05) is 12.3 Å². The Balaban J connectivity index is 2.34. The van der Waals surface area contributed by atoms with E-state index in [0.29, 0.717) is 18.5 Å². The van der Waals surface area contributed by atoms with Gasteiger partial charge < -0.3 is 11.1 Å². The van der Waals surface area contributed by atoms with Crippen LogP contribution in [0.4, 0.5) is 5.69 Å². The van der Waals surface area contributed by atoms with Gasteiger partial charge in [-0.15, -0.1) is 0 Å². The Morgan fingerprint density at radius 1 is 1.40 bits per heavy atom. The summed E-state index contributed by atoms with van der Waals surface area (Å²) in [5.41, 5.74) is 7.31. The van der Waals surface area contributed by atoms with E-state index < -0.39 is 0 Å². The lowest BCUT2D eigenvalue weighted by Gasteiger charge is -2.02. The van der Waals surface area contributed by atoms with Crippen LogP contribution in [0.2, 0.25) is 0 Å². The predicted molar refractivity (Wildman–Crippen MR) is 57.8 cm³/mol. The fraction of sp³-hybridized carbons (Fsp3) is 0.273. The lowest BCUT2D eigenvalue weighted by molar-refractivity contribution is -0.120. The van der Waals surface area contributed by atoms with Gasteiger partial charge in [-0.25, -0.2) is 0 Å². The van der Waals surface area contributed by atoms with Gasteiger partial charge in [-0.2, -0.15) is 5.26 Å². The van der Waals surface area contributed by atoms with Crippen molar-refractivity contribution >= 4 is 11.6 Å². The first kappa shape index (κ1) is 11.1. The lowest BCUT2D eigenvalue weighted by atomic mass is 10.1. The average Bonchev–Trinajstić information content (AvgIpc) is 2.25. The maximum absolute atomic E-state index is 11.2. The molecule has 0 heterocycles. The van der Waals surface area contributed by atoms with Gasteiger partial charge in [-0.05, 0) is 24.1 Å². The normalized spacial score (nSPS) is 9.27. The number of carbonyl (C=O) groups excluding carboxylic acids is 1.